The molecule has 0 saturated heterocycles. The Balaban J connectivity index is 3.51. The van der Waals surface area contributed by atoms with Crippen molar-refractivity contribution in [3.63, 3.8) is 0 Å². The predicted octanol–water partition coefficient (Wildman–Crippen LogP) is 4.54. The van der Waals surface area contributed by atoms with Crippen LogP contribution >= 0.6 is 0 Å². The van der Waals surface area contributed by atoms with E-state index in [0.717, 1.165) is 6.07 Å². The van der Waals surface area contributed by atoms with E-state index < -0.39 is 29.3 Å². The summed E-state index contributed by atoms with van der Waals surface area (Å²) >= 11 is 0. The number of nitrogens with one attached hydrogen (secondary N) is 1. The second-order valence-electron chi connectivity index (χ2n) is 6.06. The number of alkyl halides is 3. The number of anilines is 1. The Morgan fingerprint density at radius 1 is 1.04 bits per heavy atom. The third-order valence-corrected chi connectivity index (χ3v) is 3.39. The number of ether oxygens (including phenoxy) is 2. The summed E-state index contributed by atoms with van der Waals surface area (Å²) in [5.41, 5.74) is -1.56. The normalized spacial score (nSPS) is 11.1. The fraction of sp³-hybridized carbons (Fsp3) is 0.474. The van der Waals surface area contributed by atoms with Crippen LogP contribution in [0.1, 0.15) is 39.7 Å². The zero-order chi connectivity index (χ0) is 20.6. The lowest BCUT2D eigenvalue weighted by molar-refractivity contribution is -0.146. The molecule has 27 heavy (non-hydrogen) atoms. The molecule has 0 atom stereocenters. The highest BCUT2D eigenvalue weighted by Crippen LogP contribution is 2.36. The van der Waals surface area contributed by atoms with Gasteiger partial charge >= 0.3 is 18.1 Å². The van der Waals surface area contributed by atoms with Crippen molar-refractivity contribution in [2.45, 2.75) is 40.3 Å². The maximum atomic E-state index is 13.3. The first kappa shape index (κ1) is 22.5. The van der Waals surface area contributed by atoms with Crippen LogP contribution in [0, 0.1) is 5.92 Å². The monoisotopic (exact) mass is 387 g/mol. The molecule has 0 spiro atoms. The molecule has 0 amide bonds. The summed E-state index contributed by atoms with van der Waals surface area (Å²) in [5.74, 6) is -1.93. The first-order valence-corrected chi connectivity index (χ1v) is 8.62. The maximum Gasteiger partial charge on any atom is 0.418 e. The molecule has 0 fully saturated rings. The van der Waals surface area contributed by atoms with Crippen molar-refractivity contribution in [3.05, 3.63) is 41.1 Å². The van der Waals surface area contributed by atoms with Crippen LogP contribution in [-0.2, 0) is 25.2 Å². The van der Waals surface area contributed by atoms with Gasteiger partial charge in [-0.1, -0.05) is 26.0 Å². The quantitative estimate of drug-likeness (QED) is 0.307. The summed E-state index contributed by atoms with van der Waals surface area (Å²) in [7, 11) is 0. The van der Waals surface area contributed by atoms with Gasteiger partial charge < -0.3 is 14.8 Å². The largest absolute Gasteiger partial charge is 0.462 e. The lowest BCUT2D eigenvalue weighted by Gasteiger charge is -2.20. The minimum atomic E-state index is -4.60. The maximum absolute atomic E-state index is 13.3. The number of hydrogen-bond donors (Lipinski definition) is 1. The van der Waals surface area contributed by atoms with Crippen molar-refractivity contribution in [1.29, 1.82) is 0 Å². The molecule has 1 aromatic rings. The fourth-order valence-corrected chi connectivity index (χ4v) is 2.36. The SMILES string of the molecule is CCOC(=O)C(C(=O)OCC)=C(CC(C)C)Nc1ccccc1C(F)(F)F. The Bertz CT molecular complexity index is 676. The Kier molecular flexibility index (Phi) is 8.33. The van der Waals surface area contributed by atoms with Crippen LogP contribution in [0.25, 0.3) is 0 Å². The molecule has 5 nitrogen and oxygen atoms in total. The molecule has 0 aliphatic carbocycles. The van der Waals surface area contributed by atoms with Gasteiger partial charge in [-0.05, 0) is 38.3 Å². The number of para-hydroxylation sites is 1. The van der Waals surface area contributed by atoms with E-state index in [-0.39, 0.29) is 36.9 Å². The number of carbonyl (C=O) groups excluding carboxylic acids is 2. The van der Waals surface area contributed by atoms with E-state index in [1.165, 1.54) is 18.2 Å². The first-order valence-electron chi connectivity index (χ1n) is 8.62. The van der Waals surface area contributed by atoms with Gasteiger partial charge in [0.1, 0.15) is 0 Å². The second-order valence-corrected chi connectivity index (χ2v) is 6.06. The molecule has 0 radical (unpaired) electrons. The van der Waals surface area contributed by atoms with Gasteiger partial charge in [-0.15, -0.1) is 0 Å². The summed E-state index contributed by atoms with van der Waals surface area (Å²) in [4.78, 5) is 24.6. The molecule has 0 unspecified atom stereocenters. The van der Waals surface area contributed by atoms with Gasteiger partial charge in [-0.2, -0.15) is 13.2 Å². The van der Waals surface area contributed by atoms with E-state index in [2.05, 4.69) is 5.32 Å². The third-order valence-electron chi connectivity index (χ3n) is 3.39. The average molecular weight is 387 g/mol. The molecule has 0 bridgehead atoms. The fourth-order valence-electron chi connectivity index (χ4n) is 2.36. The molecule has 1 rings (SSSR count). The van der Waals surface area contributed by atoms with Crippen LogP contribution in [-0.4, -0.2) is 25.2 Å². The second kappa shape index (κ2) is 9.99. The highest BCUT2D eigenvalue weighted by Gasteiger charge is 2.34. The van der Waals surface area contributed by atoms with Crippen LogP contribution in [0.5, 0.6) is 0 Å². The number of carbonyl (C=O) groups is 2. The summed E-state index contributed by atoms with van der Waals surface area (Å²) < 4.78 is 49.7. The molecule has 0 saturated carbocycles. The lowest BCUT2D eigenvalue weighted by Crippen LogP contribution is -2.24. The van der Waals surface area contributed by atoms with E-state index in [0.29, 0.717) is 0 Å². The van der Waals surface area contributed by atoms with E-state index in [9.17, 15) is 22.8 Å². The third kappa shape index (κ3) is 6.62. The summed E-state index contributed by atoms with van der Waals surface area (Å²) in [6, 6.07) is 4.84. The Labute approximate surface area is 156 Å². The standard InChI is InChI=1S/C19H24F3NO4/c1-5-26-17(24)16(18(25)27-6-2)15(11-12(3)4)23-14-10-8-7-9-13(14)19(20,21)22/h7-10,12,23H,5-6,11H2,1-4H3. The number of halogens is 3. The summed E-state index contributed by atoms with van der Waals surface area (Å²) in [5, 5.41) is 2.62. The number of rotatable bonds is 8. The Morgan fingerprint density at radius 2 is 1.56 bits per heavy atom. The number of hydrogen-bond acceptors (Lipinski definition) is 5. The van der Waals surface area contributed by atoms with Crippen molar-refractivity contribution in [2.24, 2.45) is 5.92 Å². The molecule has 0 aromatic heterocycles. The number of esters is 2. The molecule has 150 valence electrons. The zero-order valence-electron chi connectivity index (χ0n) is 15.8. The van der Waals surface area contributed by atoms with Crippen LogP contribution < -0.4 is 5.32 Å². The van der Waals surface area contributed by atoms with E-state index >= 15 is 0 Å². The van der Waals surface area contributed by atoms with Gasteiger partial charge in [-0.3, -0.25) is 0 Å². The van der Waals surface area contributed by atoms with Gasteiger partial charge in [0, 0.05) is 5.70 Å². The molecule has 0 aliphatic heterocycles. The Hall–Kier alpha value is -2.51. The molecule has 0 aliphatic rings. The van der Waals surface area contributed by atoms with E-state index in [1.54, 1.807) is 13.8 Å². The van der Waals surface area contributed by atoms with Crippen molar-refractivity contribution >= 4 is 17.6 Å². The van der Waals surface area contributed by atoms with Gasteiger partial charge in [-0.25, -0.2) is 9.59 Å². The predicted molar refractivity (Wildman–Crippen MR) is 94.8 cm³/mol. The molecule has 8 heteroatoms. The number of benzene rings is 1. The summed E-state index contributed by atoms with van der Waals surface area (Å²) in [6.07, 6.45) is -4.44. The number of allylic oxidation sites excluding steroid dienone is 1. The van der Waals surface area contributed by atoms with Gasteiger partial charge in [0.25, 0.3) is 0 Å². The first-order chi connectivity index (χ1) is 12.6. The average Bonchev–Trinajstić information content (AvgIpc) is 2.54. The van der Waals surface area contributed by atoms with Crippen molar-refractivity contribution in [1.82, 2.24) is 0 Å². The van der Waals surface area contributed by atoms with E-state index in [1.807, 2.05) is 13.8 Å². The molecule has 1 N–H and O–H groups in total. The summed E-state index contributed by atoms with van der Waals surface area (Å²) in [6.45, 7) is 6.77. The van der Waals surface area contributed by atoms with E-state index in [4.69, 9.17) is 9.47 Å². The minimum absolute atomic E-state index is 0.00976. The highest BCUT2D eigenvalue weighted by molar-refractivity contribution is 6.15. The van der Waals surface area contributed by atoms with Gasteiger partial charge in [0.15, 0.2) is 5.57 Å². The smallest absolute Gasteiger partial charge is 0.418 e. The molecular formula is C19H24F3NO4. The van der Waals surface area contributed by atoms with Crippen LogP contribution in [0.4, 0.5) is 18.9 Å². The molecular weight excluding hydrogens is 363 g/mol. The van der Waals surface area contributed by atoms with Crippen LogP contribution in [0.2, 0.25) is 0 Å². The van der Waals surface area contributed by atoms with Crippen LogP contribution in [0.15, 0.2) is 35.5 Å². The molecule has 1 aromatic carbocycles. The Morgan fingerprint density at radius 3 is 2.00 bits per heavy atom. The van der Waals surface area contributed by atoms with Gasteiger partial charge in [0.05, 0.1) is 24.5 Å². The van der Waals surface area contributed by atoms with Gasteiger partial charge in [0.2, 0.25) is 0 Å². The van der Waals surface area contributed by atoms with Crippen molar-refractivity contribution < 1.29 is 32.2 Å². The minimum Gasteiger partial charge on any atom is -0.462 e. The zero-order valence-corrected chi connectivity index (χ0v) is 15.8. The van der Waals surface area contributed by atoms with Crippen LogP contribution in [0.3, 0.4) is 0 Å². The highest BCUT2D eigenvalue weighted by atomic mass is 19.4. The topological polar surface area (TPSA) is 64.6 Å². The molecule has 0 heterocycles. The van der Waals surface area contributed by atoms with Crippen molar-refractivity contribution in [3.8, 4) is 0 Å². The lowest BCUT2D eigenvalue weighted by atomic mass is 10.0. The van der Waals surface area contributed by atoms with Crippen molar-refractivity contribution in [2.75, 3.05) is 18.5 Å².